The van der Waals surface area contributed by atoms with E-state index in [-0.39, 0.29) is 6.03 Å². The van der Waals surface area contributed by atoms with Gasteiger partial charge in [-0.15, -0.1) is 0 Å². The van der Waals surface area contributed by atoms with Crippen molar-refractivity contribution in [2.45, 2.75) is 32.2 Å². The van der Waals surface area contributed by atoms with Crippen LogP contribution in [0.1, 0.15) is 31.2 Å². The summed E-state index contributed by atoms with van der Waals surface area (Å²) < 4.78 is 1.04. The molecule has 1 aromatic carbocycles. The van der Waals surface area contributed by atoms with Crippen LogP contribution < -0.4 is 10.6 Å². The fourth-order valence-corrected chi connectivity index (χ4v) is 2.51. The zero-order valence-electron chi connectivity index (χ0n) is 10.9. The zero-order valence-corrected chi connectivity index (χ0v) is 12.4. The van der Waals surface area contributed by atoms with Gasteiger partial charge in [-0.25, -0.2) is 4.79 Å². The van der Waals surface area contributed by atoms with Gasteiger partial charge in [0.15, 0.2) is 0 Å². The van der Waals surface area contributed by atoms with Crippen molar-refractivity contribution in [2.75, 3.05) is 0 Å². The summed E-state index contributed by atoms with van der Waals surface area (Å²) in [7, 11) is 0. The van der Waals surface area contributed by atoms with E-state index in [0.29, 0.717) is 12.5 Å². The molecule has 3 nitrogen and oxygen atoms in total. The highest BCUT2D eigenvalue weighted by atomic mass is 79.9. The highest BCUT2D eigenvalue weighted by Gasteiger charge is 2.11. The van der Waals surface area contributed by atoms with E-state index in [1.54, 1.807) is 6.20 Å². The van der Waals surface area contributed by atoms with E-state index in [1.807, 2.05) is 24.3 Å². The molecule has 4 heteroatoms. The number of benzene rings is 1. The van der Waals surface area contributed by atoms with Gasteiger partial charge in [0.05, 0.1) is 0 Å². The molecule has 2 amide bonds. The van der Waals surface area contributed by atoms with Crippen molar-refractivity contribution in [3.05, 3.63) is 46.6 Å². The topological polar surface area (TPSA) is 41.1 Å². The summed E-state index contributed by atoms with van der Waals surface area (Å²) in [5.41, 5.74) is 1.08. The summed E-state index contributed by atoms with van der Waals surface area (Å²) in [6, 6.07) is 7.75. The molecule has 0 aliphatic heterocycles. The van der Waals surface area contributed by atoms with Gasteiger partial charge in [-0.2, -0.15) is 0 Å². The van der Waals surface area contributed by atoms with Gasteiger partial charge in [-0.1, -0.05) is 47.0 Å². The third-order valence-electron chi connectivity index (χ3n) is 3.35. The molecule has 0 saturated heterocycles. The van der Waals surface area contributed by atoms with Crippen LogP contribution in [0.2, 0.25) is 0 Å². The number of carbonyl (C=O) groups excluding carboxylic acids is 1. The molecule has 0 bridgehead atoms. The molecule has 1 aromatic rings. The van der Waals surface area contributed by atoms with Gasteiger partial charge in [-0.3, -0.25) is 0 Å². The minimum absolute atomic E-state index is 0.155. The third-order valence-corrected chi connectivity index (χ3v) is 3.88. The van der Waals surface area contributed by atoms with E-state index in [2.05, 4.69) is 32.6 Å². The van der Waals surface area contributed by atoms with Crippen LogP contribution in [-0.2, 0) is 6.54 Å². The lowest BCUT2D eigenvalue weighted by Crippen LogP contribution is -2.31. The molecule has 1 fully saturated rings. The van der Waals surface area contributed by atoms with Gasteiger partial charge in [0, 0.05) is 17.2 Å². The quantitative estimate of drug-likeness (QED) is 0.865. The summed E-state index contributed by atoms with van der Waals surface area (Å²) in [6.45, 7) is 0.538. The molecule has 2 N–H and O–H groups in total. The molecule has 0 atom stereocenters. The minimum atomic E-state index is -0.155. The lowest BCUT2D eigenvalue weighted by atomic mass is 10.1. The summed E-state index contributed by atoms with van der Waals surface area (Å²) in [6.07, 6.45) is 8.99. The summed E-state index contributed by atoms with van der Waals surface area (Å²) in [5, 5.41) is 5.58. The number of urea groups is 1. The van der Waals surface area contributed by atoms with Crippen molar-refractivity contribution >= 4 is 22.0 Å². The highest BCUT2D eigenvalue weighted by Crippen LogP contribution is 2.25. The van der Waals surface area contributed by atoms with E-state index >= 15 is 0 Å². The largest absolute Gasteiger partial charge is 0.334 e. The van der Waals surface area contributed by atoms with Gasteiger partial charge in [-0.05, 0) is 36.5 Å². The average molecular weight is 323 g/mol. The van der Waals surface area contributed by atoms with Crippen molar-refractivity contribution in [3.63, 3.8) is 0 Å². The molecule has 0 aromatic heterocycles. The van der Waals surface area contributed by atoms with Crippen molar-refractivity contribution in [3.8, 4) is 0 Å². The van der Waals surface area contributed by atoms with E-state index in [9.17, 15) is 4.79 Å². The number of carbonyl (C=O) groups is 1. The number of nitrogens with one attached hydrogen (secondary N) is 2. The van der Waals surface area contributed by atoms with Gasteiger partial charge in [0.2, 0.25) is 0 Å². The number of allylic oxidation sites excluding steroid dienone is 1. The number of halogens is 1. The van der Waals surface area contributed by atoms with E-state index in [0.717, 1.165) is 10.0 Å². The van der Waals surface area contributed by atoms with Crippen molar-refractivity contribution in [1.29, 1.82) is 0 Å². The van der Waals surface area contributed by atoms with Crippen LogP contribution in [0.15, 0.2) is 41.0 Å². The highest BCUT2D eigenvalue weighted by molar-refractivity contribution is 9.10. The molecular formula is C15H19BrN2O. The van der Waals surface area contributed by atoms with Crippen LogP contribution >= 0.6 is 15.9 Å². The molecular weight excluding hydrogens is 304 g/mol. The van der Waals surface area contributed by atoms with Crippen molar-refractivity contribution < 1.29 is 4.79 Å². The Labute approximate surface area is 122 Å². The maximum Gasteiger partial charge on any atom is 0.319 e. The van der Waals surface area contributed by atoms with Gasteiger partial charge < -0.3 is 10.6 Å². The van der Waals surface area contributed by atoms with Crippen LogP contribution in [0.4, 0.5) is 4.79 Å². The van der Waals surface area contributed by atoms with Crippen molar-refractivity contribution in [2.24, 2.45) is 5.92 Å². The normalized spacial score (nSPS) is 15.8. The molecule has 0 unspecified atom stereocenters. The second-order valence-corrected chi connectivity index (χ2v) is 5.77. The fraction of sp³-hybridized carbons (Fsp3) is 0.400. The Balaban J connectivity index is 1.68. The van der Waals surface area contributed by atoms with Crippen LogP contribution in [0.5, 0.6) is 0 Å². The number of amides is 2. The summed E-state index contributed by atoms with van der Waals surface area (Å²) >= 11 is 3.38. The smallest absolute Gasteiger partial charge is 0.319 e. The number of hydrogen-bond donors (Lipinski definition) is 2. The average Bonchev–Trinajstić information content (AvgIpc) is 2.91. The second-order valence-electron chi connectivity index (χ2n) is 4.86. The molecule has 0 spiro atoms. The monoisotopic (exact) mass is 322 g/mol. The van der Waals surface area contributed by atoms with Crippen LogP contribution in [0.3, 0.4) is 0 Å². The molecule has 19 heavy (non-hydrogen) atoms. The van der Waals surface area contributed by atoms with Crippen LogP contribution in [-0.4, -0.2) is 6.03 Å². The van der Waals surface area contributed by atoms with E-state index < -0.39 is 0 Å². The third kappa shape index (κ3) is 5.07. The predicted octanol–water partition coefficient (Wildman–Crippen LogP) is 3.95. The standard InChI is InChI=1S/C15H19BrN2O/c16-14-7-5-13(6-8-14)11-18-15(19)17-10-9-12-3-1-2-4-12/h5-10,12H,1-4,11H2,(H2,17,18,19)/b10-9+. The van der Waals surface area contributed by atoms with Gasteiger partial charge >= 0.3 is 6.03 Å². The van der Waals surface area contributed by atoms with Crippen molar-refractivity contribution in [1.82, 2.24) is 10.6 Å². The summed E-state index contributed by atoms with van der Waals surface area (Å²) in [5.74, 6) is 0.645. The first-order valence-corrected chi connectivity index (χ1v) is 7.49. The Bertz CT molecular complexity index is 436. The first kappa shape index (κ1) is 14.1. The second kappa shape index (κ2) is 7.34. The molecule has 1 saturated carbocycles. The Morgan fingerprint density at radius 1 is 1.26 bits per heavy atom. The number of hydrogen-bond acceptors (Lipinski definition) is 1. The Morgan fingerprint density at radius 2 is 1.95 bits per heavy atom. The first-order valence-electron chi connectivity index (χ1n) is 6.69. The Morgan fingerprint density at radius 3 is 2.63 bits per heavy atom. The molecule has 102 valence electrons. The first-order chi connectivity index (χ1) is 9.24. The fourth-order valence-electron chi connectivity index (χ4n) is 2.25. The number of rotatable bonds is 4. The summed E-state index contributed by atoms with van der Waals surface area (Å²) in [4.78, 5) is 11.6. The van der Waals surface area contributed by atoms with E-state index in [1.165, 1.54) is 25.7 Å². The zero-order chi connectivity index (χ0) is 13.5. The molecule has 1 aliphatic rings. The Hall–Kier alpha value is -1.29. The van der Waals surface area contributed by atoms with E-state index in [4.69, 9.17) is 0 Å². The van der Waals surface area contributed by atoms with Gasteiger partial charge in [0.25, 0.3) is 0 Å². The SMILES string of the molecule is O=C(N/C=C/C1CCCC1)NCc1ccc(Br)cc1. The molecule has 0 heterocycles. The minimum Gasteiger partial charge on any atom is -0.334 e. The molecule has 1 aliphatic carbocycles. The van der Waals surface area contributed by atoms with Crippen LogP contribution in [0.25, 0.3) is 0 Å². The lowest BCUT2D eigenvalue weighted by molar-refractivity contribution is 0.243. The van der Waals surface area contributed by atoms with Crippen LogP contribution in [0, 0.1) is 5.92 Å². The Kier molecular flexibility index (Phi) is 5.45. The predicted molar refractivity (Wildman–Crippen MR) is 80.6 cm³/mol. The maximum absolute atomic E-state index is 11.6. The molecule has 0 radical (unpaired) electrons. The lowest BCUT2D eigenvalue weighted by Gasteiger charge is -2.05. The maximum atomic E-state index is 11.6. The molecule has 2 rings (SSSR count). The van der Waals surface area contributed by atoms with Gasteiger partial charge in [0.1, 0.15) is 0 Å².